The highest BCUT2D eigenvalue weighted by Crippen LogP contribution is 2.58. The molecule has 2 heteroatoms. The van der Waals surface area contributed by atoms with Crippen LogP contribution < -0.4 is 0 Å². The third kappa shape index (κ3) is 0.928. The lowest BCUT2D eigenvalue weighted by Crippen LogP contribution is -2.59. The molecule has 4 saturated carbocycles. The Morgan fingerprint density at radius 3 is 1.93 bits per heavy atom. The van der Waals surface area contributed by atoms with Crippen LogP contribution in [-0.2, 0) is 9.53 Å². The van der Waals surface area contributed by atoms with Gasteiger partial charge in [-0.1, -0.05) is 0 Å². The molecule has 4 rings (SSSR count). The van der Waals surface area contributed by atoms with E-state index in [1.54, 1.807) is 7.11 Å². The Labute approximate surface area is 85.0 Å². The van der Waals surface area contributed by atoms with Gasteiger partial charge in [-0.25, -0.2) is 0 Å². The fraction of sp³-hybridized carbons (Fsp3) is 0.917. The minimum Gasteiger partial charge on any atom is -0.370 e. The van der Waals surface area contributed by atoms with Crippen LogP contribution in [0.1, 0.15) is 32.1 Å². The molecule has 0 aliphatic heterocycles. The van der Waals surface area contributed by atoms with Crippen molar-refractivity contribution >= 4 is 6.29 Å². The normalized spacial score (nSPS) is 54.9. The average molecular weight is 194 g/mol. The molecule has 4 fully saturated rings. The van der Waals surface area contributed by atoms with Crippen molar-refractivity contribution in [2.75, 3.05) is 7.11 Å². The summed E-state index contributed by atoms with van der Waals surface area (Å²) in [5, 5.41) is 0. The molecular weight excluding hydrogens is 176 g/mol. The molecule has 0 heterocycles. The molecular formula is C12H18O2. The molecule has 0 saturated heterocycles. The smallest absolute Gasteiger partial charge is 0.152 e. The first kappa shape index (κ1) is 8.90. The van der Waals surface area contributed by atoms with Gasteiger partial charge < -0.3 is 9.53 Å². The maximum atomic E-state index is 11.3. The summed E-state index contributed by atoms with van der Waals surface area (Å²) in [6.45, 7) is 0. The standard InChI is InChI=1S/C12H18O2/c1-14-12(7-13)10-3-8-2-9(5-10)6-11(12)4-8/h7-11H,2-6H2,1H3. The minimum atomic E-state index is -0.395. The summed E-state index contributed by atoms with van der Waals surface area (Å²) in [7, 11) is 1.72. The molecule has 0 aromatic carbocycles. The Morgan fingerprint density at radius 1 is 1.07 bits per heavy atom. The van der Waals surface area contributed by atoms with Crippen LogP contribution in [0.15, 0.2) is 0 Å². The zero-order chi connectivity index (χ0) is 9.76. The van der Waals surface area contributed by atoms with E-state index in [1.807, 2.05) is 0 Å². The Bertz CT molecular complexity index is 231. The number of hydrogen-bond donors (Lipinski definition) is 0. The lowest BCUT2D eigenvalue weighted by atomic mass is 9.50. The van der Waals surface area contributed by atoms with Crippen LogP contribution in [0.25, 0.3) is 0 Å². The molecule has 0 radical (unpaired) electrons. The van der Waals surface area contributed by atoms with E-state index in [0.29, 0.717) is 11.8 Å². The van der Waals surface area contributed by atoms with Crippen molar-refractivity contribution in [1.29, 1.82) is 0 Å². The van der Waals surface area contributed by atoms with E-state index in [1.165, 1.54) is 32.1 Å². The SMILES string of the molecule is COC1(C=O)C2CC3CC(C2)CC1C3. The summed E-state index contributed by atoms with van der Waals surface area (Å²) >= 11 is 0. The molecule has 0 atom stereocenters. The van der Waals surface area contributed by atoms with Gasteiger partial charge in [-0.2, -0.15) is 0 Å². The number of carbonyl (C=O) groups excluding carboxylic acids is 1. The largest absolute Gasteiger partial charge is 0.370 e. The maximum Gasteiger partial charge on any atom is 0.152 e. The van der Waals surface area contributed by atoms with Crippen LogP contribution in [0.3, 0.4) is 0 Å². The second-order valence-corrected chi connectivity index (χ2v) is 5.48. The van der Waals surface area contributed by atoms with Crippen LogP contribution in [0.2, 0.25) is 0 Å². The molecule has 0 N–H and O–H groups in total. The average Bonchev–Trinajstić information content (AvgIpc) is 2.18. The third-order valence-electron chi connectivity index (χ3n) is 4.95. The quantitative estimate of drug-likeness (QED) is 0.629. The van der Waals surface area contributed by atoms with Gasteiger partial charge in [0.1, 0.15) is 5.60 Å². The summed E-state index contributed by atoms with van der Waals surface area (Å²) in [6.07, 6.45) is 7.48. The summed E-state index contributed by atoms with van der Waals surface area (Å²) < 4.78 is 5.60. The number of ether oxygens (including phenoxy) is 1. The van der Waals surface area contributed by atoms with Crippen LogP contribution in [-0.4, -0.2) is 19.0 Å². The molecule has 4 aliphatic rings. The summed E-state index contributed by atoms with van der Waals surface area (Å²) in [4.78, 5) is 11.3. The second kappa shape index (κ2) is 2.82. The lowest BCUT2D eigenvalue weighted by molar-refractivity contribution is -0.185. The Kier molecular flexibility index (Phi) is 1.79. The second-order valence-electron chi connectivity index (χ2n) is 5.48. The lowest BCUT2D eigenvalue weighted by Gasteiger charge is -2.58. The van der Waals surface area contributed by atoms with Gasteiger partial charge in [0.15, 0.2) is 6.29 Å². The topological polar surface area (TPSA) is 26.3 Å². The molecule has 0 amide bonds. The zero-order valence-corrected chi connectivity index (χ0v) is 8.74. The van der Waals surface area contributed by atoms with Gasteiger partial charge >= 0.3 is 0 Å². The summed E-state index contributed by atoms with van der Waals surface area (Å²) in [5.74, 6) is 2.86. The van der Waals surface area contributed by atoms with Gasteiger partial charge in [0, 0.05) is 7.11 Å². The first-order valence-corrected chi connectivity index (χ1v) is 5.80. The maximum absolute atomic E-state index is 11.3. The predicted molar refractivity (Wildman–Crippen MR) is 52.8 cm³/mol. The summed E-state index contributed by atoms with van der Waals surface area (Å²) in [6, 6.07) is 0. The number of aldehydes is 1. The molecule has 0 aromatic rings. The highest BCUT2D eigenvalue weighted by atomic mass is 16.5. The minimum absolute atomic E-state index is 0.395. The third-order valence-corrected chi connectivity index (χ3v) is 4.95. The number of hydrogen-bond acceptors (Lipinski definition) is 2. The van der Waals surface area contributed by atoms with Gasteiger partial charge in [-0.15, -0.1) is 0 Å². The Morgan fingerprint density at radius 2 is 1.57 bits per heavy atom. The van der Waals surface area contributed by atoms with E-state index in [4.69, 9.17) is 4.74 Å². The Balaban J connectivity index is 1.97. The van der Waals surface area contributed by atoms with Crippen LogP contribution in [0.5, 0.6) is 0 Å². The van der Waals surface area contributed by atoms with Crippen molar-refractivity contribution in [3.8, 4) is 0 Å². The van der Waals surface area contributed by atoms with Crippen molar-refractivity contribution in [3.63, 3.8) is 0 Å². The Hall–Kier alpha value is -0.370. The van der Waals surface area contributed by atoms with Crippen molar-refractivity contribution < 1.29 is 9.53 Å². The van der Waals surface area contributed by atoms with E-state index >= 15 is 0 Å². The molecule has 0 aromatic heterocycles. The van der Waals surface area contributed by atoms with Crippen LogP contribution >= 0.6 is 0 Å². The van der Waals surface area contributed by atoms with E-state index in [0.717, 1.165) is 18.1 Å². The molecule has 0 unspecified atom stereocenters. The van der Waals surface area contributed by atoms with Gasteiger partial charge in [0.2, 0.25) is 0 Å². The predicted octanol–water partition coefficient (Wildman–Crippen LogP) is 2.03. The van der Waals surface area contributed by atoms with E-state index in [2.05, 4.69) is 0 Å². The number of carbonyl (C=O) groups is 1. The number of rotatable bonds is 2. The van der Waals surface area contributed by atoms with Gasteiger partial charge in [0.05, 0.1) is 0 Å². The van der Waals surface area contributed by atoms with E-state index < -0.39 is 5.60 Å². The molecule has 4 aliphatic carbocycles. The zero-order valence-electron chi connectivity index (χ0n) is 8.74. The fourth-order valence-corrected chi connectivity index (χ4v) is 4.49. The van der Waals surface area contributed by atoms with Gasteiger partial charge in [-0.3, -0.25) is 0 Å². The molecule has 2 nitrogen and oxygen atoms in total. The summed E-state index contributed by atoms with van der Waals surface area (Å²) in [5.41, 5.74) is -0.395. The molecule has 78 valence electrons. The van der Waals surface area contributed by atoms with Crippen molar-refractivity contribution in [3.05, 3.63) is 0 Å². The van der Waals surface area contributed by atoms with Crippen molar-refractivity contribution in [1.82, 2.24) is 0 Å². The number of methoxy groups -OCH3 is 1. The van der Waals surface area contributed by atoms with Gasteiger partial charge in [-0.05, 0) is 55.8 Å². The van der Waals surface area contributed by atoms with Crippen LogP contribution in [0.4, 0.5) is 0 Å². The van der Waals surface area contributed by atoms with E-state index in [-0.39, 0.29) is 0 Å². The highest BCUT2D eigenvalue weighted by molar-refractivity contribution is 5.65. The molecule has 14 heavy (non-hydrogen) atoms. The molecule has 0 spiro atoms. The monoisotopic (exact) mass is 194 g/mol. The first-order valence-electron chi connectivity index (χ1n) is 5.80. The molecule has 4 bridgehead atoms. The first-order chi connectivity index (χ1) is 6.78. The van der Waals surface area contributed by atoms with Crippen LogP contribution in [0, 0.1) is 23.7 Å². The fourth-order valence-electron chi connectivity index (χ4n) is 4.49. The van der Waals surface area contributed by atoms with Crippen molar-refractivity contribution in [2.45, 2.75) is 37.7 Å². The van der Waals surface area contributed by atoms with Gasteiger partial charge in [0.25, 0.3) is 0 Å². The van der Waals surface area contributed by atoms with Crippen molar-refractivity contribution in [2.24, 2.45) is 23.7 Å². The van der Waals surface area contributed by atoms with E-state index in [9.17, 15) is 4.79 Å². The highest BCUT2D eigenvalue weighted by Gasteiger charge is 2.57.